The lowest BCUT2D eigenvalue weighted by molar-refractivity contribution is 0.318. The van der Waals surface area contributed by atoms with Gasteiger partial charge < -0.3 is 15.7 Å². The van der Waals surface area contributed by atoms with Gasteiger partial charge in [0, 0.05) is 10.6 Å². The lowest BCUT2D eigenvalue weighted by Crippen LogP contribution is -2.14. The standard InChI is InChI=1S/C13H9BrClFN2O2/c14-11-9(13(17)18-19)5-6-10(12(11)16)20-8-3-1-7(15)2-4-8/h1-6,19H,(H2,17,18). The number of halogens is 3. The van der Waals surface area contributed by atoms with Crippen molar-refractivity contribution in [3.63, 3.8) is 0 Å². The maximum absolute atomic E-state index is 14.1. The number of amidine groups is 1. The van der Waals surface area contributed by atoms with Crippen LogP contribution in [0.2, 0.25) is 5.02 Å². The Hall–Kier alpha value is -1.79. The van der Waals surface area contributed by atoms with Gasteiger partial charge in [0.1, 0.15) is 5.75 Å². The molecule has 0 heterocycles. The number of benzene rings is 2. The van der Waals surface area contributed by atoms with Crippen molar-refractivity contribution in [2.24, 2.45) is 10.9 Å². The molecule has 0 bridgehead atoms. The van der Waals surface area contributed by atoms with Gasteiger partial charge in [0.15, 0.2) is 17.4 Å². The lowest BCUT2D eigenvalue weighted by Gasteiger charge is -2.10. The Morgan fingerprint density at radius 1 is 1.25 bits per heavy atom. The molecule has 0 unspecified atom stereocenters. The van der Waals surface area contributed by atoms with Crippen LogP contribution in [-0.4, -0.2) is 11.0 Å². The molecule has 0 radical (unpaired) electrons. The van der Waals surface area contributed by atoms with Gasteiger partial charge in [-0.1, -0.05) is 16.8 Å². The van der Waals surface area contributed by atoms with E-state index in [9.17, 15) is 4.39 Å². The number of nitrogens with zero attached hydrogens (tertiary/aromatic N) is 1. The summed E-state index contributed by atoms with van der Waals surface area (Å²) < 4.78 is 19.6. The molecule has 104 valence electrons. The number of ether oxygens (including phenoxy) is 1. The van der Waals surface area contributed by atoms with Gasteiger partial charge in [0.2, 0.25) is 0 Å². The molecule has 0 aliphatic carbocycles. The Morgan fingerprint density at radius 3 is 2.50 bits per heavy atom. The average molecular weight is 360 g/mol. The van der Waals surface area contributed by atoms with Gasteiger partial charge in [-0.3, -0.25) is 0 Å². The average Bonchev–Trinajstić information content (AvgIpc) is 2.45. The minimum Gasteiger partial charge on any atom is -0.454 e. The van der Waals surface area contributed by atoms with E-state index in [0.717, 1.165) is 0 Å². The van der Waals surface area contributed by atoms with E-state index >= 15 is 0 Å². The summed E-state index contributed by atoms with van der Waals surface area (Å²) in [6, 6.07) is 9.37. The summed E-state index contributed by atoms with van der Waals surface area (Å²) in [5.41, 5.74) is 5.66. The molecule has 4 nitrogen and oxygen atoms in total. The molecule has 0 aromatic heterocycles. The minimum atomic E-state index is -0.649. The molecule has 0 aliphatic heterocycles. The van der Waals surface area contributed by atoms with Gasteiger partial charge in [-0.2, -0.15) is 0 Å². The fourth-order valence-electron chi connectivity index (χ4n) is 1.49. The highest BCUT2D eigenvalue weighted by atomic mass is 79.9. The first kappa shape index (κ1) is 14.6. The highest BCUT2D eigenvalue weighted by Crippen LogP contribution is 2.32. The van der Waals surface area contributed by atoms with E-state index in [-0.39, 0.29) is 21.6 Å². The van der Waals surface area contributed by atoms with Crippen molar-refractivity contribution in [2.45, 2.75) is 0 Å². The van der Waals surface area contributed by atoms with E-state index in [1.807, 2.05) is 0 Å². The van der Waals surface area contributed by atoms with Gasteiger partial charge in [0.05, 0.1) is 4.47 Å². The van der Waals surface area contributed by atoms with E-state index in [0.29, 0.717) is 10.8 Å². The molecule has 0 aliphatic rings. The number of rotatable bonds is 3. The van der Waals surface area contributed by atoms with E-state index in [1.165, 1.54) is 12.1 Å². The third-order valence-electron chi connectivity index (χ3n) is 2.47. The third kappa shape index (κ3) is 3.02. The van der Waals surface area contributed by atoms with Gasteiger partial charge in [-0.25, -0.2) is 4.39 Å². The van der Waals surface area contributed by atoms with Crippen LogP contribution in [0.25, 0.3) is 0 Å². The monoisotopic (exact) mass is 358 g/mol. The molecule has 3 N–H and O–H groups in total. The zero-order valence-electron chi connectivity index (χ0n) is 9.98. The second-order valence-corrected chi connectivity index (χ2v) is 5.01. The molecule has 20 heavy (non-hydrogen) atoms. The Morgan fingerprint density at radius 2 is 1.90 bits per heavy atom. The van der Waals surface area contributed by atoms with Gasteiger partial charge in [-0.15, -0.1) is 0 Å². The molecule has 2 aromatic carbocycles. The molecule has 0 saturated heterocycles. The van der Waals surface area contributed by atoms with Crippen LogP contribution < -0.4 is 10.5 Å². The summed E-state index contributed by atoms with van der Waals surface area (Å²) >= 11 is 8.80. The molecule has 7 heteroatoms. The van der Waals surface area contributed by atoms with E-state index in [1.54, 1.807) is 24.3 Å². The van der Waals surface area contributed by atoms with E-state index < -0.39 is 5.82 Å². The summed E-state index contributed by atoms with van der Waals surface area (Å²) in [4.78, 5) is 0. The first-order chi connectivity index (χ1) is 9.52. The summed E-state index contributed by atoms with van der Waals surface area (Å²) in [5, 5.41) is 12.0. The minimum absolute atomic E-state index is 0.00804. The summed E-state index contributed by atoms with van der Waals surface area (Å²) in [6.45, 7) is 0. The second kappa shape index (κ2) is 6.11. The van der Waals surface area contributed by atoms with Crippen LogP contribution in [-0.2, 0) is 0 Å². The Balaban J connectivity index is 2.34. The van der Waals surface area contributed by atoms with Gasteiger partial charge in [0.25, 0.3) is 0 Å². The van der Waals surface area contributed by atoms with Crippen molar-refractivity contribution in [1.29, 1.82) is 0 Å². The Bertz CT molecular complexity index is 662. The van der Waals surface area contributed by atoms with Crippen molar-refractivity contribution in [3.8, 4) is 11.5 Å². The number of oxime groups is 1. The van der Waals surface area contributed by atoms with E-state index in [4.69, 9.17) is 27.3 Å². The molecule has 0 saturated carbocycles. The first-order valence-corrected chi connectivity index (χ1v) is 6.59. The predicted octanol–water partition coefficient (Wildman–Crippen LogP) is 4.13. The summed E-state index contributed by atoms with van der Waals surface area (Å²) in [7, 11) is 0. The molecule has 0 atom stereocenters. The van der Waals surface area contributed by atoms with Crippen LogP contribution in [0.15, 0.2) is 46.0 Å². The first-order valence-electron chi connectivity index (χ1n) is 5.42. The molecule has 0 amide bonds. The molecule has 0 fully saturated rings. The normalized spacial score (nSPS) is 11.4. The van der Waals surface area contributed by atoms with Crippen molar-refractivity contribution in [3.05, 3.63) is 57.3 Å². The maximum Gasteiger partial charge on any atom is 0.180 e. The van der Waals surface area contributed by atoms with Crippen LogP contribution in [0.4, 0.5) is 4.39 Å². The number of hydrogen-bond acceptors (Lipinski definition) is 3. The molecule has 0 spiro atoms. The molecule has 2 rings (SSSR count). The highest BCUT2D eigenvalue weighted by molar-refractivity contribution is 9.10. The van der Waals surface area contributed by atoms with E-state index in [2.05, 4.69) is 21.1 Å². The highest BCUT2D eigenvalue weighted by Gasteiger charge is 2.15. The van der Waals surface area contributed by atoms with Crippen LogP contribution in [0.1, 0.15) is 5.56 Å². The number of nitrogens with two attached hydrogens (primary N) is 1. The van der Waals surface area contributed by atoms with Crippen molar-refractivity contribution in [1.82, 2.24) is 0 Å². The van der Waals surface area contributed by atoms with Gasteiger partial charge >= 0.3 is 0 Å². The second-order valence-electron chi connectivity index (χ2n) is 3.78. The van der Waals surface area contributed by atoms with Crippen LogP contribution >= 0.6 is 27.5 Å². The third-order valence-corrected chi connectivity index (χ3v) is 3.50. The fourth-order valence-corrected chi connectivity index (χ4v) is 2.15. The molecule has 2 aromatic rings. The molecular weight excluding hydrogens is 351 g/mol. The number of hydrogen-bond donors (Lipinski definition) is 2. The zero-order valence-corrected chi connectivity index (χ0v) is 12.3. The van der Waals surface area contributed by atoms with Crippen molar-refractivity contribution >= 4 is 33.4 Å². The maximum atomic E-state index is 14.1. The SMILES string of the molecule is N/C(=N/O)c1ccc(Oc2ccc(Cl)cc2)c(F)c1Br. The van der Waals surface area contributed by atoms with Crippen LogP contribution in [0, 0.1) is 5.82 Å². The lowest BCUT2D eigenvalue weighted by atomic mass is 10.2. The zero-order chi connectivity index (χ0) is 14.7. The Kier molecular flexibility index (Phi) is 4.46. The quantitative estimate of drug-likeness (QED) is 0.375. The molecular formula is C13H9BrClFN2O2. The Labute approximate surface area is 127 Å². The predicted molar refractivity (Wildman–Crippen MR) is 78.1 cm³/mol. The van der Waals surface area contributed by atoms with Crippen molar-refractivity contribution in [2.75, 3.05) is 0 Å². The summed E-state index contributed by atoms with van der Waals surface area (Å²) in [6.07, 6.45) is 0. The van der Waals surface area contributed by atoms with Crippen LogP contribution in [0.3, 0.4) is 0 Å². The van der Waals surface area contributed by atoms with Crippen molar-refractivity contribution < 1.29 is 14.3 Å². The largest absolute Gasteiger partial charge is 0.454 e. The topological polar surface area (TPSA) is 67.8 Å². The summed E-state index contributed by atoms with van der Waals surface area (Å²) in [5.74, 6) is -0.400. The smallest absolute Gasteiger partial charge is 0.180 e. The fraction of sp³-hybridized carbons (Fsp3) is 0. The van der Waals surface area contributed by atoms with Gasteiger partial charge in [-0.05, 0) is 52.3 Å². The van der Waals surface area contributed by atoms with Crippen LogP contribution in [0.5, 0.6) is 11.5 Å².